The summed E-state index contributed by atoms with van der Waals surface area (Å²) >= 11 is 3.18. The summed E-state index contributed by atoms with van der Waals surface area (Å²) in [4.78, 5) is 0. The van der Waals surface area contributed by atoms with Gasteiger partial charge in [0.15, 0.2) is 0 Å². The van der Waals surface area contributed by atoms with E-state index in [4.69, 9.17) is 4.74 Å². The summed E-state index contributed by atoms with van der Waals surface area (Å²) in [7, 11) is 0. The molecule has 2 rings (SSSR count). The largest absolute Gasteiger partial charge is 0.376 e. The third kappa shape index (κ3) is 3.66. The lowest BCUT2D eigenvalue weighted by molar-refractivity contribution is 0.0680. The van der Waals surface area contributed by atoms with E-state index < -0.39 is 0 Å². The Morgan fingerprint density at radius 3 is 2.83 bits per heavy atom. The van der Waals surface area contributed by atoms with Crippen molar-refractivity contribution in [1.82, 2.24) is 0 Å². The van der Waals surface area contributed by atoms with Gasteiger partial charge in [0.2, 0.25) is 0 Å². The van der Waals surface area contributed by atoms with Gasteiger partial charge in [-0.2, -0.15) is 0 Å². The van der Waals surface area contributed by atoms with Crippen LogP contribution in [0.15, 0.2) is 34.8 Å². The summed E-state index contributed by atoms with van der Waals surface area (Å²) in [5.74, 6) is 1.07. The molecule has 18 heavy (non-hydrogen) atoms. The molecule has 0 bridgehead atoms. The van der Waals surface area contributed by atoms with E-state index in [0.717, 1.165) is 25.0 Å². The maximum absolute atomic E-state index is 13.1. The zero-order valence-corrected chi connectivity index (χ0v) is 12.1. The van der Waals surface area contributed by atoms with Gasteiger partial charge in [0.25, 0.3) is 0 Å². The van der Waals surface area contributed by atoms with Crippen molar-refractivity contribution in [2.75, 3.05) is 6.61 Å². The van der Waals surface area contributed by atoms with Crippen LogP contribution in [0.5, 0.6) is 0 Å². The van der Waals surface area contributed by atoms with Gasteiger partial charge in [0.05, 0.1) is 17.7 Å². The second kappa shape index (κ2) is 6.48. The van der Waals surface area contributed by atoms with Gasteiger partial charge in [-0.3, -0.25) is 0 Å². The highest BCUT2D eigenvalue weighted by atomic mass is 79.9. The van der Waals surface area contributed by atoms with Crippen LogP contribution in [0, 0.1) is 17.7 Å². The molecule has 1 nitrogen and oxygen atoms in total. The van der Waals surface area contributed by atoms with Crippen LogP contribution in [0.4, 0.5) is 4.39 Å². The monoisotopic (exact) mass is 312 g/mol. The molecular formula is C15H18BrFO. The van der Waals surface area contributed by atoms with Crippen molar-refractivity contribution in [3.8, 4) is 0 Å². The first-order chi connectivity index (χ1) is 8.66. The molecule has 0 N–H and O–H groups in total. The molecule has 2 unspecified atom stereocenters. The minimum Gasteiger partial charge on any atom is -0.376 e. The molecule has 2 atom stereocenters. The number of hydrogen-bond acceptors (Lipinski definition) is 1. The van der Waals surface area contributed by atoms with Gasteiger partial charge in [-0.05, 0) is 58.3 Å². The molecule has 0 aliphatic heterocycles. The Kier molecular flexibility index (Phi) is 4.95. The average Bonchev–Trinajstić information content (AvgIpc) is 2.36. The molecule has 1 aromatic rings. The van der Waals surface area contributed by atoms with E-state index in [-0.39, 0.29) is 5.82 Å². The van der Waals surface area contributed by atoms with Crippen LogP contribution in [0.3, 0.4) is 0 Å². The first kappa shape index (κ1) is 13.8. The van der Waals surface area contributed by atoms with Crippen LogP contribution in [-0.4, -0.2) is 6.61 Å². The summed E-state index contributed by atoms with van der Waals surface area (Å²) in [6, 6.07) is 5.01. The Bertz CT molecular complexity index is 431. The maximum atomic E-state index is 13.1. The zero-order valence-electron chi connectivity index (χ0n) is 10.5. The predicted molar refractivity (Wildman–Crippen MR) is 74.8 cm³/mol. The lowest BCUT2D eigenvalue weighted by Crippen LogP contribution is -2.19. The van der Waals surface area contributed by atoms with E-state index in [9.17, 15) is 4.39 Å². The summed E-state index contributed by atoms with van der Waals surface area (Å²) in [6.07, 6.45) is 6.74. The molecule has 0 radical (unpaired) electrons. The van der Waals surface area contributed by atoms with E-state index in [0.29, 0.717) is 22.9 Å². The van der Waals surface area contributed by atoms with Crippen molar-refractivity contribution in [3.63, 3.8) is 0 Å². The molecule has 0 spiro atoms. The minimum absolute atomic E-state index is 0.232. The summed E-state index contributed by atoms with van der Waals surface area (Å²) < 4.78 is 19.3. The second-order valence-corrected chi connectivity index (χ2v) is 5.80. The van der Waals surface area contributed by atoms with Crippen LogP contribution in [0.1, 0.15) is 25.3 Å². The van der Waals surface area contributed by atoms with Gasteiger partial charge in [0.1, 0.15) is 5.82 Å². The highest BCUT2D eigenvalue weighted by Crippen LogP contribution is 2.25. The molecular weight excluding hydrogens is 295 g/mol. The first-order valence-corrected chi connectivity index (χ1v) is 7.13. The molecule has 1 aromatic carbocycles. The predicted octanol–water partition coefficient (Wildman–Crippen LogP) is 4.71. The van der Waals surface area contributed by atoms with E-state index in [1.807, 2.05) is 0 Å². The second-order valence-electron chi connectivity index (χ2n) is 4.94. The van der Waals surface area contributed by atoms with Crippen LogP contribution in [0.2, 0.25) is 0 Å². The van der Waals surface area contributed by atoms with Crippen molar-refractivity contribution in [2.45, 2.75) is 26.4 Å². The van der Waals surface area contributed by atoms with Crippen molar-refractivity contribution in [3.05, 3.63) is 46.2 Å². The maximum Gasteiger partial charge on any atom is 0.137 e. The number of allylic oxidation sites excluding steroid dienone is 2. The van der Waals surface area contributed by atoms with Gasteiger partial charge < -0.3 is 4.74 Å². The van der Waals surface area contributed by atoms with Gasteiger partial charge >= 0.3 is 0 Å². The van der Waals surface area contributed by atoms with Crippen LogP contribution in [-0.2, 0) is 11.3 Å². The smallest absolute Gasteiger partial charge is 0.137 e. The van der Waals surface area contributed by atoms with Gasteiger partial charge in [-0.25, -0.2) is 4.39 Å². The Balaban J connectivity index is 1.81. The van der Waals surface area contributed by atoms with Crippen molar-refractivity contribution in [1.29, 1.82) is 0 Å². The van der Waals surface area contributed by atoms with Crippen molar-refractivity contribution >= 4 is 15.9 Å². The van der Waals surface area contributed by atoms with Crippen molar-refractivity contribution < 1.29 is 9.13 Å². The molecule has 0 saturated heterocycles. The minimum atomic E-state index is -0.232. The Hall–Kier alpha value is -0.670. The molecule has 0 saturated carbocycles. The van der Waals surface area contributed by atoms with E-state index in [1.165, 1.54) is 6.07 Å². The third-order valence-corrected chi connectivity index (χ3v) is 4.11. The first-order valence-electron chi connectivity index (χ1n) is 6.33. The number of benzene rings is 1. The molecule has 98 valence electrons. The quantitative estimate of drug-likeness (QED) is 0.732. The SMILES string of the molecule is CC1CC=CCC1COCc1ccc(F)c(Br)c1. The summed E-state index contributed by atoms with van der Waals surface area (Å²) in [5.41, 5.74) is 1.00. The molecule has 0 amide bonds. The molecule has 1 aliphatic rings. The number of hydrogen-bond donors (Lipinski definition) is 0. The van der Waals surface area contributed by atoms with E-state index in [2.05, 4.69) is 35.0 Å². The molecule has 1 aliphatic carbocycles. The number of rotatable bonds is 4. The van der Waals surface area contributed by atoms with Crippen LogP contribution < -0.4 is 0 Å². The molecule has 0 fully saturated rings. The van der Waals surface area contributed by atoms with Crippen LogP contribution in [0.25, 0.3) is 0 Å². The molecule has 3 heteroatoms. The van der Waals surface area contributed by atoms with Gasteiger partial charge in [0, 0.05) is 0 Å². The highest BCUT2D eigenvalue weighted by Gasteiger charge is 2.18. The Morgan fingerprint density at radius 1 is 1.33 bits per heavy atom. The fourth-order valence-electron chi connectivity index (χ4n) is 2.20. The van der Waals surface area contributed by atoms with Gasteiger partial charge in [-0.1, -0.05) is 25.1 Å². The molecule has 0 aromatic heterocycles. The fraction of sp³-hybridized carbons (Fsp3) is 0.467. The average molecular weight is 313 g/mol. The topological polar surface area (TPSA) is 9.23 Å². The summed E-state index contributed by atoms with van der Waals surface area (Å²) in [5, 5.41) is 0. The Morgan fingerprint density at radius 2 is 2.11 bits per heavy atom. The molecule has 0 heterocycles. The van der Waals surface area contributed by atoms with E-state index in [1.54, 1.807) is 12.1 Å². The van der Waals surface area contributed by atoms with E-state index >= 15 is 0 Å². The normalized spacial score (nSPS) is 23.3. The standard InChI is InChI=1S/C15H18BrFO/c1-11-4-2-3-5-13(11)10-18-9-12-6-7-15(17)14(16)8-12/h2-3,6-8,11,13H,4-5,9-10H2,1H3. The summed E-state index contributed by atoms with van der Waals surface area (Å²) in [6.45, 7) is 3.60. The highest BCUT2D eigenvalue weighted by molar-refractivity contribution is 9.10. The van der Waals surface area contributed by atoms with Gasteiger partial charge in [-0.15, -0.1) is 0 Å². The number of halogens is 2. The van der Waals surface area contributed by atoms with Crippen molar-refractivity contribution in [2.24, 2.45) is 11.8 Å². The lowest BCUT2D eigenvalue weighted by atomic mass is 9.85. The zero-order chi connectivity index (χ0) is 13.0. The lowest BCUT2D eigenvalue weighted by Gasteiger charge is -2.24. The van der Waals surface area contributed by atoms with Crippen LogP contribution >= 0.6 is 15.9 Å². The number of ether oxygens (including phenoxy) is 1. The fourth-order valence-corrected chi connectivity index (χ4v) is 2.62. The third-order valence-electron chi connectivity index (χ3n) is 3.50. The Labute approximate surface area is 116 Å².